The summed E-state index contributed by atoms with van der Waals surface area (Å²) in [6.45, 7) is 1.95. The Hall–Kier alpha value is -2.72. The number of hydrogen-bond acceptors (Lipinski definition) is 8. The number of carbonyl (C=O) groups is 1. The molecule has 0 aliphatic heterocycles. The average molecular weight is 448 g/mol. The first kappa shape index (κ1) is 20.5. The van der Waals surface area contributed by atoms with E-state index in [0.717, 1.165) is 37.0 Å². The molecule has 2 heterocycles. The largest absolute Gasteiger partial charge is 0.462 e. The standard InChI is InChI=1S/C20H21N3O5S2/c1-2-27-20(24)14-8-5-9-16(10-14)23-30(25,26)17-11-15(12-29-17)18-21-19(28-22-18)13-6-3-4-7-13/h5,8-13,23H,2-4,6-7H2,1H3. The first-order valence-corrected chi connectivity index (χ1v) is 12.0. The van der Waals surface area contributed by atoms with Gasteiger partial charge in [0.25, 0.3) is 10.0 Å². The van der Waals surface area contributed by atoms with Gasteiger partial charge in [0.1, 0.15) is 4.21 Å². The third kappa shape index (κ3) is 4.39. The second kappa shape index (κ2) is 8.57. The van der Waals surface area contributed by atoms with E-state index in [1.54, 1.807) is 30.5 Å². The molecule has 1 N–H and O–H groups in total. The molecule has 1 aromatic carbocycles. The first-order chi connectivity index (χ1) is 14.5. The first-order valence-electron chi connectivity index (χ1n) is 9.69. The summed E-state index contributed by atoms with van der Waals surface area (Å²) >= 11 is 1.07. The van der Waals surface area contributed by atoms with Crippen LogP contribution in [-0.2, 0) is 14.8 Å². The number of carbonyl (C=O) groups excluding carboxylic acids is 1. The zero-order valence-corrected chi connectivity index (χ0v) is 18.0. The number of anilines is 1. The molecule has 2 aromatic heterocycles. The molecule has 1 saturated carbocycles. The number of thiophene rings is 1. The van der Waals surface area contributed by atoms with Crippen LogP contribution in [0.25, 0.3) is 11.4 Å². The summed E-state index contributed by atoms with van der Waals surface area (Å²) in [4.78, 5) is 16.3. The van der Waals surface area contributed by atoms with Gasteiger partial charge in [-0.15, -0.1) is 11.3 Å². The number of sulfonamides is 1. The van der Waals surface area contributed by atoms with E-state index < -0.39 is 16.0 Å². The Bertz CT molecular complexity index is 1150. The Labute approximate surface area is 178 Å². The maximum Gasteiger partial charge on any atom is 0.338 e. The molecule has 0 bridgehead atoms. The number of nitrogens with zero attached hydrogens (tertiary/aromatic N) is 2. The topological polar surface area (TPSA) is 111 Å². The SMILES string of the molecule is CCOC(=O)c1cccc(NS(=O)(=O)c2cc(-c3noc(C4CCCC4)n3)cs2)c1. The highest BCUT2D eigenvalue weighted by atomic mass is 32.2. The Balaban J connectivity index is 1.51. The van der Waals surface area contributed by atoms with Crippen LogP contribution < -0.4 is 4.72 Å². The molecular formula is C20H21N3O5S2. The Morgan fingerprint density at radius 1 is 1.30 bits per heavy atom. The lowest BCUT2D eigenvalue weighted by Gasteiger charge is -2.08. The molecule has 8 nitrogen and oxygen atoms in total. The van der Waals surface area contributed by atoms with E-state index >= 15 is 0 Å². The van der Waals surface area contributed by atoms with E-state index in [4.69, 9.17) is 9.26 Å². The van der Waals surface area contributed by atoms with Crippen LogP contribution in [0.3, 0.4) is 0 Å². The molecule has 0 unspecified atom stereocenters. The monoisotopic (exact) mass is 447 g/mol. The molecule has 30 heavy (non-hydrogen) atoms. The third-order valence-electron chi connectivity index (χ3n) is 4.87. The lowest BCUT2D eigenvalue weighted by atomic mass is 10.1. The highest BCUT2D eigenvalue weighted by Crippen LogP contribution is 2.35. The molecule has 0 saturated heterocycles. The summed E-state index contributed by atoms with van der Waals surface area (Å²) in [6, 6.07) is 7.69. The number of rotatable bonds is 7. The number of hydrogen-bond donors (Lipinski definition) is 1. The Morgan fingerprint density at radius 2 is 2.10 bits per heavy atom. The fourth-order valence-electron chi connectivity index (χ4n) is 3.40. The van der Waals surface area contributed by atoms with Crippen molar-refractivity contribution in [1.82, 2.24) is 10.1 Å². The minimum atomic E-state index is -3.83. The van der Waals surface area contributed by atoms with Gasteiger partial charge in [0, 0.05) is 22.5 Å². The van der Waals surface area contributed by atoms with Crippen molar-refractivity contribution in [2.75, 3.05) is 11.3 Å². The van der Waals surface area contributed by atoms with Crippen molar-refractivity contribution in [3.05, 3.63) is 47.2 Å². The lowest BCUT2D eigenvalue weighted by Crippen LogP contribution is -2.12. The Morgan fingerprint density at radius 3 is 2.87 bits per heavy atom. The van der Waals surface area contributed by atoms with E-state index in [1.807, 2.05) is 0 Å². The summed E-state index contributed by atoms with van der Waals surface area (Å²) in [7, 11) is -3.83. The van der Waals surface area contributed by atoms with Crippen molar-refractivity contribution in [2.45, 2.75) is 42.7 Å². The third-order valence-corrected chi connectivity index (χ3v) is 7.69. The van der Waals surface area contributed by atoms with Gasteiger partial charge in [-0.2, -0.15) is 4.98 Å². The van der Waals surface area contributed by atoms with Crippen LogP contribution in [0.1, 0.15) is 54.8 Å². The zero-order valence-electron chi connectivity index (χ0n) is 16.3. The second-order valence-electron chi connectivity index (χ2n) is 7.00. The fraction of sp³-hybridized carbons (Fsp3) is 0.350. The Kier molecular flexibility index (Phi) is 5.87. The number of esters is 1. The molecule has 0 radical (unpaired) electrons. The summed E-state index contributed by atoms with van der Waals surface area (Å²) < 4.78 is 38.5. The molecule has 4 rings (SSSR count). The minimum Gasteiger partial charge on any atom is -0.462 e. The lowest BCUT2D eigenvalue weighted by molar-refractivity contribution is 0.0526. The van der Waals surface area contributed by atoms with Gasteiger partial charge < -0.3 is 9.26 Å². The van der Waals surface area contributed by atoms with Gasteiger partial charge in [0.15, 0.2) is 0 Å². The second-order valence-corrected chi connectivity index (χ2v) is 9.82. The van der Waals surface area contributed by atoms with Crippen molar-refractivity contribution in [1.29, 1.82) is 0 Å². The summed E-state index contributed by atoms with van der Waals surface area (Å²) in [5.74, 6) is 0.791. The summed E-state index contributed by atoms with van der Waals surface area (Å²) in [5, 5.41) is 5.70. The quantitative estimate of drug-likeness (QED) is 0.533. The van der Waals surface area contributed by atoms with Gasteiger partial charge in [-0.3, -0.25) is 4.72 Å². The van der Waals surface area contributed by atoms with Crippen molar-refractivity contribution in [2.24, 2.45) is 0 Å². The van der Waals surface area contributed by atoms with Crippen LogP contribution >= 0.6 is 11.3 Å². The fourth-order valence-corrected chi connectivity index (χ4v) is 5.60. The summed E-state index contributed by atoms with van der Waals surface area (Å²) in [5.41, 5.74) is 1.14. The van der Waals surface area contributed by atoms with Gasteiger partial charge >= 0.3 is 5.97 Å². The molecule has 0 amide bonds. The van der Waals surface area contributed by atoms with E-state index in [0.29, 0.717) is 23.2 Å². The predicted octanol–water partition coefficient (Wildman–Crippen LogP) is 4.43. The van der Waals surface area contributed by atoms with E-state index in [9.17, 15) is 13.2 Å². The maximum atomic E-state index is 12.8. The molecule has 3 aromatic rings. The van der Waals surface area contributed by atoms with Gasteiger partial charge in [-0.1, -0.05) is 24.1 Å². The van der Waals surface area contributed by atoms with Crippen LogP contribution in [0.4, 0.5) is 5.69 Å². The normalized spacial score (nSPS) is 14.7. The zero-order chi connectivity index (χ0) is 21.1. The van der Waals surface area contributed by atoms with E-state index in [1.165, 1.54) is 12.1 Å². The predicted molar refractivity (Wildman–Crippen MR) is 112 cm³/mol. The van der Waals surface area contributed by atoms with E-state index in [-0.39, 0.29) is 22.1 Å². The van der Waals surface area contributed by atoms with Crippen molar-refractivity contribution >= 4 is 33.0 Å². The summed E-state index contributed by atoms with van der Waals surface area (Å²) in [6.07, 6.45) is 4.40. The van der Waals surface area contributed by atoms with Crippen molar-refractivity contribution in [3.63, 3.8) is 0 Å². The number of ether oxygens (including phenoxy) is 1. The highest BCUT2D eigenvalue weighted by Gasteiger charge is 2.24. The smallest absolute Gasteiger partial charge is 0.338 e. The number of nitrogens with one attached hydrogen (secondary N) is 1. The van der Waals surface area contributed by atoms with Crippen molar-refractivity contribution in [3.8, 4) is 11.4 Å². The van der Waals surface area contributed by atoms with E-state index in [2.05, 4.69) is 14.9 Å². The van der Waals surface area contributed by atoms with Crippen LogP contribution in [0.15, 0.2) is 44.4 Å². The molecule has 10 heteroatoms. The molecule has 0 atom stereocenters. The van der Waals surface area contributed by atoms with Crippen molar-refractivity contribution < 1.29 is 22.5 Å². The molecule has 1 aliphatic rings. The molecule has 0 spiro atoms. The van der Waals surface area contributed by atoms with Crippen LogP contribution in [0, 0.1) is 0 Å². The van der Waals surface area contributed by atoms with Crippen LogP contribution in [-0.4, -0.2) is 31.1 Å². The molecule has 158 valence electrons. The molecule has 1 aliphatic carbocycles. The number of benzene rings is 1. The average Bonchev–Trinajstić information content (AvgIpc) is 3.48. The van der Waals surface area contributed by atoms with Crippen LogP contribution in [0.2, 0.25) is 0 Å². The maximum absolute atomic E-state index is 12.8. The van der Waals surface area contributed by atoms with Gasteiger partial charge in [-0.25, -0.2) is 13.2 Å². The minimum absolute atomic E-state index is 0.117. The molecule has 1 fully saturated rings. The van der Waals surface area contributed by atoms with Gasteiger partial charge in [0.2, 0.25) is 11.7 Å². The molecular weight excluding hydrogens is 426 g/mol. The number of aromatic nitrogens is 2. The highest BCUT2D eigenvalue weighted by molar-refractivity contribution is 7.94. The van der Waals surface area contributed by atoms with Crippen LogP contribution in [0.5, 0.6) is 0 Å². The van der Waals surface area contributed by atoms with Gasteiger partial charge in [0.05, 0.1) is 12.2 Å². The van der Waals surface area contributed by atoms with Gasteiger partial charge in [-0.05, 0) is 44.0 Å².